The maximum absolute atomic E-state index is 4.62. The van der Waals surface area contributed by atoms with Gasteiger partial charge in [0, 0.05) is 24.8 Å². The minimum Gasteiger partial charge on any atom is -0.314 e. The summed E-state index contributed by atoms with van der Waals surface area (Å²) in [6.45, 7) is 9.44. The Bertz CT molecular complexity index is 609. The molecular weight excluding hydrogens is 234 g/mol. The summed E-state index contributed by atoms with van der Waals surface area (Å²) in [5, 5.41) is 7.83. The largest absolute Gasteiger partial charge is 0.314 e. The maximum Gasteiger partial charge on any atom is 0.0843 e. The van der Waals surface area contributed by atoms with E-state index in [-0.39, 0.29) is 0 Å². The molecule has 3 nitrogen and oxygen atoms in total. The van der Waals surface area contributed by atoms with Crippen molar-refractivity contribution in [3.05, 3.63) is 40.2 Å². The van der Waals surface area contributed by atoms with Gasteiger partial charge in [-0.25, -0.2) is 0 Å². The highest BCUT2D eigenvalue weighted by atomic mass is 15.3. The smallest absolute Gasteiger partial charge is 0.0843 e. The van der Waals surface area contributed by atoms with E-state index in [9.17, 15) is 0 Å². The maximum atomic E-state index is 4.62. The van der Waals surface area contributed by atoms with Crippen LogP contribution in [0, 0.1) is 27.7 Å². The summed E-state index contributed by atoms with van der Waals surface area (Å²) in [6.07, 6.45) is 0. The van der Waals surface area contributed by atoms with Crippen molar-refractivity contribution < 1.29 is 0 Å². The molecule has 0 aliphatic rings. The summed E-state index contributed by atoms with van der Waals surface area (Å²) in [5.74, 6) is 0. The molecule has 2 aromatic rings. The number of benzene rings is 1. The molecular formula is C16H23N3. The average molecular weight is 257 g/mol. The SMILES string of the molecule is CNCc1nn(C)c(C)c1-c1cc(C)c(C)cc1C. The zero-order valence-corrected chi connectivity index (χ0v) is 12.8. The molecule has 0 saturated heterocycles. The minimum absolute atomic E-state index is 0.795. The normalized spacial score (nSPS) is 11.1. The molecule has 0 radical (unpaired) electrons. The molecule has 0 fully saturated rings. The van der Waals surface area contributed by atoms with Gasteiger partial charge in [0.05, 0.1) is 5.69 Å². The first-order valence-corrected chi connectivity index (χ1v) is 6.71. The molecule has 1 aromatic carbocycles. The molecule has 102 valence electrons. The molecule has 3 heteroatoms. The van der Waals surface area contributed by atoms with E-state index in [1.54, 1.807) is 0 Å². The number of hydrogen-bond acceptors (Lipinski definition) is 2. The molecule has 0 atom stereocenters. The highest BCUT2D eigenvalue weighted by Gasteiger charge is 2.16. The molecule has 19 heavy (non-hydrogen) atoms. The van der Waals surface area contributed by atoms with E-state index in [0.717, 1.165) is 12.2 Å². The van der Waals surface area contributed by atoms with Gasteiger partial charge in [0.15, 0.2) is 0 Å². The van der Waals surface area contributed by atoms with Crippen LogP contribution in [0.5, 0.6) is 0 Å². The van der Waals surface area contributed by atoms with Crippen molar-refractivity contribution in [1.29, 1.82) is 0 Å². The fraction of sp³-hybridized carbons (Fsp3) is 0.438. The van der Waals surface area contributed by atoms with Crippen LogP contribution in [0.3, 0.4) is 0 Å². The lowest BCUT2D eigenvalue weighted by molar-refractivity contribution is 0.698. The van der Waals surface area contributed by atoms with E-state index in [4.69, 9.17) is 0 Å². The van der Waals surface area contributed by atoms with Crippen molar-refractivity contribution in [2.45, 2.75) is 34.2 Å². The van der Waals surface area contributed by atoms with E-state index < -0.39 is 0 Å². The second kappa shape index (κ2) is 5.17. The van der Waals surface area contributed by atoms with Gasteiger partial charge in [0.1, 0.15) is 0 Å². The molecule has 1 heterocycles. The number of aryl methyl sites for hydroxylation is 4. The van der Waals surface area contributed by atoms with Gasteiger partial charge in [0.25, 0.3) is 0 Å². The summed E-state index contributed by atoms with van der Waals surface area (Å²) in [5.41, 5.74) is 8.91. The standard InChI is InChI=1S/C16H23N3/c1-10-7-12(3)14(8-11(10)2)16-13(4)19(6)18-15(16)9-17-5/h7-8,17H,9H2,1-6H3. The fourth-order valence-electron chi connectivity index (χ4n) is 2.55. The lowest BCUT2D eigenvalue weighted by atomic mass is 9.94. The summed E-state index contributed by atoms with van der Waals surface area (Å²) < 4.78 is 1.97. The van der Waals surface area contributed by atoms with Crippen molar-refractivity contribution in [3.63, 3.8) is 0 Å². The number of aromatic nitrogens is 2. The molecule has 0 unspecified atom stereocenters. The molecule has 1 N–H and O–H groups in total. The van der Waals surface area contributed by atoms with Crippen LogP contribution >= 0.6 is 0 Å². The Morgan fingerprint density at radius 1 is 1.05 bits per heavy atom. The Balaban J connectivity index is 2.67. The molecule has 0 spiro atoms. The van der Waals surface area contributed by atoms with E-state index >= 15 is 0 Å². The first-order chi connectivity index (χ1) is 8.95. The monoisotopic (exact) mass is 257 g/mol. The van der Waals surface area contributed by atoms with Gasteiger partial charge in [-0.2, -0.15) is 5.10 Å². The van der Waals surface area contributed by atoms with Gasteiger partial charge in [-0.1, -0.05) is 12.1 Å². The Morgan fingerprint density at radius 3 is 2.32 bits per heavy atom. The average Bonchev–Trinajstić information content (AvgIpc) is 2.61. The minimum atomic E-state index is 0.795. The topological polar surface area (TPSA) is 29.9 Å². The van der Waals surface area contributed by atoms with Crippen molar-refractivity contribution in [2.24, 2.45) is 7.05 Å². The Hall–Kier alpha value is -1.61. The summed E-state index contributed by atoms with van der Waals surface area (Å²) in [7, 11) is 3.97. The number of rotatable bonds is 3. The molecule has 2 rings (SSSR count). The second-order valence-corrected chi connectivity index (χ2v) is 5.31. The van der Waals surface area contributed by atoms with Crippen LogP contribution in [0.25, 0.3) is 11.1 Å². The van der Waals surface area contributed by atoms with Gasteiger partial charge in [0.2, 0.25) is 0 Å². The van der Waals surface area contributed by atoms with Crippen LogP contribution in [-0.2, 0) is 13.6 Å². The van der Waals surface area contributed by atoms with Crippen LogP contribution in [-0.4, -0.2) is 16.8 Å². The predicted molar refractivity (Wildman–Crippen MR) is 80.4 cm³/mol. The molecule has 0 aliphatic heterocycles. The van der Waals surface area contributed by atoms with E-state index in [0.29, 0.717) is 0 Å². The Kier molecular flexibility index (Phi) is 3.76. The van der Waals surface area contributed by atoms with Crippen molar-refractivity contribution in [2.75, 3.05) is 7.05 Å². The number of nitrogens with one attached hydrogen (secondary N) is 1. The molecule has 0 amide bonds. The molecule has 0 aliphatic carbocycles. The molecule has 0 saturated carbocycles. The fourth-order valence-corrected chi connectivity index (χ4v) is 2.55. The zero-order valence-electron chi connectivity index (χ0n) is 12.8. The highest BCUT2D eigenvalue weighted by Crippen LogP contribution is 2.31. The molecule has 1 aromatic heterocycles. The van der Waals surface area contributed by atoms with E-state index in [2.05, 4.69) is 50.2 Å². The van der Waals surface area contributed by atoms with Crippen LogP contribution in [0.1, 0.15) is 28.1 Å². The first-order valence-electron chi connectivity index (χ1n) is 6.71. The highest BCUT2D eigenvalue weighted by molar-refractivity contribution is 5.73. The molecule has 0 bridgehead atoms. The Morgan fingerprint density at radius 2 is 1.68 bits per heavy atom. The summed E-state index contributed by atoms with van der Waals surface area (Å²) in [6, 6.07) is 4.55. The zero-order chi connectivity index (χ0) is 14.2. The second-order valence-electron chi connectivity index (χ2n) is 5.31. The van der Waals surface area contributed by atoms with E-state index in [1.165, 1.54) is 33.5 Å². The lowest BCUT2D eigenvalue weighted by Crippen LogP contribution is -2.07. The van der Waals surface area contributed by atoms with Gasteiger partial charge in [-0.15, -0.1) is 0 Å². The van der Waals surface area contributed by atoms with Gasteiger partial charge < -0.3 is 5.32 Å². The van der Waals surface area contributed by atoms with Crippen molar-refractivity contribution in [3.8, 4) is 11.1 Å². The van der Waals surface area contributed by atoms with Crippen molar-refractivity contribution in [1.82, 2.24) is 15.1 Å². The predicted octanol–water partition coefficient (Wildman–Crippen LogP) is 3.04. The Labute approximate surface area is 115 Å². The third kappa shape index (κ3) is 2.43. The van der Waals surface area contributed by atoms with Crippen LogP contribution in [0.15, 0.2) is 12.1 Å². The third-order valence-corrected chi connectivity index (χ3v) is 3.86. The number of hydrogen-bond donors (Lipinski definition) is 1. The van der Waals surface area contributed by atoms with Gasteiger partial charge in [-0.05, 0) is 57.0 Å². The summed E-state index contributed by atoms with van der Waals surface area (Å²) in [4.78, 5) is 0. The first kappa shape index (κ1) is 13.8. The quantitative estimate of drug-likeness (QED) is 0.916. The van der Waals surface area contributed by atoms with Gasteiger partial charge in [-0.3, -0.25) is 4.68 Å². The lowest BCUT2D eigenvalue weighted by Gasteiger charge is -2.11. The van der Waals surface area contributed by atoms with Gasteiger partial charge >= 0.3 is 0 Å². The number of nitrogens with zero attached hydrogens (tertiary/aromatic N) is 2. The van der Waals surface area contributed by atoms with Crippen molar-refractivity contribution >= 4 is 0 Å². The summed E-state index contributed by atoms with van der Waals surface area (Å²) >= 11 is 0. The third-order valence-electron chi connectivity index (χ3n) is 3.86. The van der Waals surface area contributed by atoms with Crippen LogP contribution in [0.2, 0.25) is 0 Å². The van der Waals surface area contributed by atoms with Crippen LogP contribution in [0.4, 0.5) is 0 Å². The van der Waals surface area contributed by atoms with E-state index in [1.807, 2.05) is 18.8 Å². The van der Waals surface area contributed by atoms with Crippen LogP contribution < -0.4 is 5.32 Å².